The molecule has 0 amide bonds. The zero-order valence-electron chi connectivity index (χ0n) is 9.39. The predicted octanol–water partition coefficient (Wildman–Crippen LogP) is 4.07. The molecule has 0 aliphatic rings. The summed E-state index contributed by atoms with van der Waals surface area (Å²) >= 11 is 1.78. The Morgan fingerprint density at radius 3 is 2.65 bits per heavy atom. The van der Waals surface area contributed by atoms with E-state index in [1.54, 1.807) is 11.3 Å². The van der Waals surface area contributed by atoms with E-state index in [4.69, 9.17) is 5.73 Å². The van der Waals surface area contributed by atoms with Gasteiger partial charge in [0.25, 0.3) is 0 Å². The van der Waals surface area contributed by atoms with Crippen molar-refractivity contribution in [2.75, 3.05) is 5.73 Å². The van der Waals surface area contributed by atoms with E-state index in [1.807, 2.05) is 6.07 Å². The molecule has 3 rings (SSSR count). The first-order chi connectivity index (χ1) is 8.34. The smallest absolute Gasteiger partial charge is 0.0356 e. The monoisotopic (exact) mass is 239 g/mol. The van der Waals surface area contributed by atoms with Crippen LogP contribution in [0.3, 0.4) is 0 Å². The van der Waals surface area contributed by atoms with E-state index in [2.05, 4.69) is 47.8 Å². The minimum absolute atomic E-state index is 0.886. The Balaban J connectivity index is 2.17. The van der Waals surface area contributed by atoms with Crippen LogP contribution in [0.1, 0.15) is 10.4 Å². The van der Waals surface area contributed by atoms with Gasteiger partial charge in [0.05, 0.1) is 0 Å². The lowest BCUT2D eigenvalue weighted by atomic mass is 10.00. The van der Waals surface area contributed by atoms with Crippen LogP contribution < -0.4 is 5.73 Å². The summed E-state index contributed by atoms with van der Waals surface area (Å²) < 4.78 is 0. The number of nitrogen functional groups attached to an aromatic ring is 1. The molecule has 0 unspecified atom stereocenters. The molecule has 0 aliphatic carbocycles. The highest BCUT2D eigenvalue weighted by atomic mass is 32.1. The maximum Gasteiger partial charge on any atom is 0.0356 e. The van der Waals surface area contributed by atoms with Crippen molar-refractivity contribution < 1.29 is 0 Å². The summed E-state index contributed by atoms with van der Waals surface area (Å²) in [4.78, 5) is 1.35. The lowest BCUT2D eigenvalue weighted by Crippen LogP contribution is -1.95. The van der Waals surface area contributed by atoms with Gasteiger partial charge in [0.1, 0.15) is 0 Å². The molecule has 1 heterocycles. The van der Waals surface area contributed by atoms with E-state index in [0.29, 0.717) is 0 Å². The quantitative estimate of drug-likeness (QED) is 0.670. The lowest BCUT2D eigenvalue weighted by molar-refractivity contribution is 1.27. The topological polar surface area (TPSA) is 26.0 Å². The highest BCUT2D eigenvalue weighted by molar-refractivity contribution is 7.09. The molecule has 0 fully saturated rings. The summed E-state index contributed by atoms with van der Waals surface area (Å²) in [6.07, 6.45) is 0.921. The average Bonchev–Trinajstić information content (AvgIpc) is 2.86. The number of thiophene rings is 1. The van der Waals surface area contributed by atoms with E-state index in [0.717, 1.165) is 12.1 Å². The van der Waals surface area contributed by atoms with Crippen LogP contribution in [0.5, 0.6) is 0 Å². The fourth-order valence-corrected chi connectivity index (χ4v) is 2.85. The number of fused-ring (bicyclic) bond motifs is 1. The first-order valence-corrected chi connectivity index (χ1v) is 6.51. The molecule has 0 radical (unpaired) electrons. The molecule has 17 heavy (non-hydrogen) atoms. The molecule has 1 aromatic heterocycles. The van der Waals surface area contributed by atoms with E-state index >= 15 is 0 Å². The van der Waals surface area contributed by atoms with Crippen molar-refractivity contribution >= 4 is 27.8 Å². The number of hydrogen-bond acceptors (Lipinski definition) is 2. The van der Waals surface area contributed by atoms with Gasteiger partial charge in [-0.05, 0) is 33.8 Å². The van der Waals surface area contributed by atoms with Crippen molar-refractivity contribution in [2.24, 2.45) is 0 Å². The van der Waals surface area contributed by atoms with Crippen LogP contribution in [0.15, 0.2) is 53.9 Å². The molecule has 1 nitrogen and oxygen atoms in total. The molecule has 0 saturated heterocycles. The first-order valence-electron chi connectivity index (χ1n) is 5.63. The van der Waals surface area contributed by atoms with Crippen molar-refractivity contribution in [3.05, 3.63) is 64.4 Å². The molecule has 2 aromatic carbocycles. The van der Waals surface area contributed by atoms with Crippen LogP contribution in [0.4, 0.5) is 5.69 Å². The summed E-state index contributed by atoms with van der Waals surface area (Å²) in [5, 5.41) is 4.63. The van der Waals surface area contributed by atoms with Gasteiger partial charge in [-0.15, -0.1) is 11.3 Å². The van der Waals surface area contributed by atoms with Gasteiger partial charge in [0, 0.05) is 17.0 Å². The van der Waals surface area contributed by atoms with Gasteiger partial charge in [0.2, 0.25) is 0 Å². The highest BCUT2D eigenvalue weighted by Crippen LogP contribution is 2.27. The van der Waals surface area contributed by atoms with Crippen LogP contribution in [0.25, 0.3) is 10.8 Å². The van der Waals surface area contributed by atoms with Crippen molar-refractivity contribution in [3.63, 3.8) is 0 Å². The van der Waals surface area contributed by atoms with Gasteiger partial charge in [-0.3, -0.25) is 0 Å². The van der Waals surface area contributed by atoms with Crippen LogP contribution in [-0.2, 0) is 6.42 Å². The second kappa shape index (κ2) is 4.22. The van der Waals surface area contributed by atoms with Crippen molar-refractivity contribution in [1.29, 1.82) is 0 Å². The standard InChI is InChI=1S/C15H13NS/c16-15-8-7-11-4-1-2-6-13(11)14(15)10-12-5-3-9-17-12/h1-9H,10,16H2. The maximum atomic E-state index is 6.11. The molecule has 0 bridgehead atoms. The second-order valence-electron chi connectivity index (χ2n) is 4.11. The first kappa shape index (κ1) is 10.4. The summed E-state index contributed by atoms with van der Waals surface area (Å²) in [5.74, 6) is 0. The highest BCUT2D eigenvalue weighted by Gasteiger charge is 2.06. The van der Waals surface area contributed by atoms with Crippen molar-refractivity contribution in [1.82, 2.24) is 0 Å². The Hall–Kier alpha value is -1.80. The molecule has 0 aliphatic heterocycles. The molecule has 0 saturated carbocycles. The predicted molar refractivity (Wildman–Crippen MR) is 75.5 cm³/mol. The third-order valence-electron chi connectivity index (χ3n) is 3.01. The molecule has 3 aromatic rings. The van der Waals surface area contributed by atoms with E-state index in [-0.39, 0.29) is 0 Å². The van der Waals surface area contributed by atoms with Gasteiger partial charge in [-0.1, -0.05) is 36.4 Å². The molecular weight excluding hydrogens is 226 g/mol. The summed E-state index contributed by atoms with van der Waals surface area (Å²) in [5.41, 5.74) is 8.24. The van der Waals surface area contributed by atoms with Crippen LogP contribution in [0.2, 0.25) is 0 Å². The Kier molecular flexibility index (Phi) is 2.57. The van der Waals surface area contributed by atoms with E-state index in [9.17, 15) is 0 Å². The van der Waals surface area contributed by atoms with Gasteiger partial charge >= 0.3 is 0 Å². The summed E-state index contributed by atoms with van der Waals surface area (Å²) in [6.45, 7) is 0. The summed E-state index contributed by atoms with van der Waals surface area (Å²) in [7, 11) is 0. The number of hydrogen-bond donors (Lipinski definition) is 1. The third kappa shape index (κ3) is 1.92. The molecule has 0 spiro atoms. The minimum Gasteiger partial charge on any atom is -0.398 e. The molecule has 2 heteroatoms. The van der Waals surface area contributed by atoms with Gasteiger partial charge in [0.15, 0.2) is 0 Å². The van der Waals surface area contributed by atoms with Crippen molar-refractivity contribution in [3.8, 4) is 0 Å². The van der Waals surface area contributed by atoms with Crippen molar-refractivity contribution in [2.45, 2.75) is 6.42 Å². The zero-order chi connectivity index (χ0) is 11.7. The lowest BCUT2D eigenvalue weighted by Gasteiger charge is -2.09. The number of benzene rings is 2. The second-order valence-corrected chi connectivity index (χ2v) is 5.14. The van der Waals surface area contributed by atoms with Gasteiger partial charge < -0.3 is 5.73 Å². The number of rotatable bonds is 2. The van der Waals surface area contributed by atoms with E-state index in [1.165, 1.54) is 21.2 Å². The molecule has 84 valence electrons. The maximum absolute atomic E-state index is 6.11. The van der Waals surface area contributed by atoms with Crippen LogP contribution in [-0.4, -0.2) is 0 Å². The summed E-state index contributed by atoms with van der Waals surface area (Å²) in [6, 6.07) is 16.7. The van der Waals surface area contributed by atoms with Crippen LogP contribution in [0, 0.1) is 0 Å². The largest absolute Gasteiger partial charge is 0.398 e. The molecule has 2 N–H and O–H groups in total. The van der Waals surface area contributed by atoms with Gasteiger partial charge in [-0.2, -0.15) is 0 Å². The average molecular weight is 239 g/mol. The molecular formula is C15H13NS. The van der Waals surface area contributed by atoms with Gasteiger partial charge in [-0.25, -0.2) is 0 Å². The fourth-order valence-electron chi connectivity index (χ4n) is 2.14. The Morgan fingerprint density at radius 2 is 1.82 bits per heavy atom. The van der Waals surface area contributed by atoms with Crippen LogP contribution >= 0.6 is 11.3 Å². The normalized spacial score (nSPS) is 10.8. The number of anilines is 1. The minimum atomic E-state index is 0.886. The Bertz CT molecular complexity index is 641. The zero-order valence-corrected chi connectivity index (χ0v) is 10.2. The Labute approximate surface area is 105 Å². The SMILES string of the molecule is Nc1ccc2ccccc2c1Cc1cccs1. The third-order valence-corrected chi connectivity index (χ3v) is 3.88. The van der Waals surface area contributed by atoms with E-state index < -0.39 is 0 Å². The molecule has 0 atom stereocenters. The Morgan fingerprint density at radius 1 is 0.941 bits per heavy atom. The fraction of sp³-hybridized carbons (Fsp3) is 0.0667. The number of nitrogens with two attached hydrogens (primary N) is 1.